The van der Waals surface area contributed by atoms with Crippen LogP contribution in [0.2, 0.25) is 0 Å². The van der Waals surface area contributed by atoms with E-state index in [0.29, 0.717) is 5.56 Å². The van der Waals surface area contributed by atoms with Gasteiger partial charge in [0.25, 0.3) is 0 Å². The average Bonchev–Trinajstić information content (AvgIpc) is 2.47. The minimum atomic E-state index is -0.376. The third-order valence-corrected chi connectivity index (χ3v) is 3.64. The molecule has 23 heavy (non-hydrogen) atoms. The second kappa shape index (κ2) is 7.79. The molecule has 0 radical (unpaired) electrons. The van der Waals surface area contributed by atoms with Gasteiger partial charge in [-0.25, -0.2) is 0 Å². The van der Waals surface area contributed by atoms with Gasteiger partial charge in [0, 0.05) is 5.56 Å². The van der Waals surface area contributed by atoms with Crippen LogP contribution in [0.3, 0.4) is 0 Å². The summed E-state index contributed by atoms with van der Waals surface area (Å²) in [6, 6.07) is 13.5. The van der Waals surface area contributed by atoms with Gasteiger partial charge in [-0.2, -0.15) is 0 Å². The van der Waals surface area contributed by atoms with Crippen LogP contribution in [0.15, 0.2) is 42.5 Å². The maximum atomic E-state index is 11.9. The molecular formula is C19H25NO3. The molecule has 0 saturated heterocycles. The van der Waals surface area contributed by atoms with Crippen molar-refractivity contribution in [3.63, 3.8) is 0 Å². The average molecular weight is 315 g/mol. The predicted molar refractivity (Wildman–Crippen MR) is 93.3 cm³/mol. The van der Waals surface area contributed by atoms with E-state index < -0.39 is 0 Å². The molecule has 0 aliphatic carbocycles. The van der Waals surface area contributed by atoms with Gasteiger partial charge in [-0.1, -0.05) is 45.9 Å². The summed E-state index contributed by atoms with van der Waals surface area (Å²) < 4.78 is 5.94. The molecule has 2 aromatic rings. The van der Waals surface area contributed by atoms with E-state index in [9.17, 15) is 4.79 Å². The minimum absolute atomic E-state index is 0. The zero-order valence-corrected chi connectivity index (χ0v) is 14.1. The van der Waals surface area contributed by atoms with Crippen LogP contribution < -0.4 is 10.5 Å². The quantitative estimate of drug-likeness (QED) is 0.904. The first kappa shape index (κ1) is 18.7. The summed E-state index contributed by atoms with van der Waals surface area (Å²) >= 11 is 0. The van der Waals surface area contributed by atoms with Crippen LogP contribution in [0.5, 0.6) is 11.5 Å². The molecule has 0 unspecified atom stereocenters. The van der Waals surface area contributed by atoms with E-state index in [-0.39, 0.29) is 23.2 Å². The monoisotopic (exact) mass is 315 g/mol. The van der Waals surface area contributed by atoms with Gasteiger partial charge in [0.1, 0.15) is 11.5 Å². The SMILES string of the molecule is CC(C)c1cc(Oc2ccccc2)cc(C(C)C)c1C(N)=O.O. The number of ether oxygens (including phenoxy) is 1. The van der Waals surface area contributed by atoms with E-state index in [2.05, 4.69) is 27.7 Å². The zero-order valence-electron chi connectivity index (χ0n) is 14.1. The topological polar surface area (TPSA) is 83.8 Å². The third kappa shape index (κ3) is 4.33. The minimum Gasteiger partial charge on any atom is -0.457 e. The van der Waals surface area contributed by atoms with Crippen molar-refractivity contribution in [2.24, 2.45) is 5.73 Å². The van der Waals surface area contributed by atoms with Crippen molar-refractivity contribution in [3.8, 4) is 11.5 Å². The number of carbonyl (C=O) groups is 1. The highest BCUT2D eigenvalue weighted by Crippen LogP contribution is 2.34. The van der Waals surface area contributed by atoms with Gasteiger partial charge in [-0.3, -0.25) is 4.79 Å². The summed E-state index contributed by atoms with van der Waals surface area (Å²) in [6.07, 6.45) is 0. The fraction of sp³-hybridized carbons (Fsp3) is 0.316. The predicted octanol–water partition coefficient (Wildman–Crippen LogP) is 4.00. The first-order chi connectivity index (χ1) is 10.4. The summed E-state index contributed by atoms with van der Waals surface area (Å²) in [5, 5.41) is 0. The van der Waals surface area contributed by atoms with Crippen molar-refractivity contribution < 1.29 is 15.0 Å². The lowest BCUT2D eigenvalue weighted by atomic mass is 9.88. The second-order valence-corrected chi connectivity index (χ2v) is 6.07. The Labute approximate surface area is 137 Å². The number of primary amides is 1. The molecule has 0 bridgehead atoms. The maximum Gasteiger partial charge on any atom is 0.249 e. The molecular weight excluding hydrogens is 290 g/mol. The number of hydrogen-bond acceptors (Lipinski definition) is 2. The standard InChI is InChI=1S/C19H23NO2.H2O/c1-12(2)16-10-15(22-14-8-6-5-7-9-14)11-17(13(3)4)18(16)19(20)21;/h5-13H,1-4H3,(H2,20,21);1H2. The number of para-hydroxylation sites is 1. The summed E-state index contributed by atoms with van der Waals surface area (Å²) in [7, 11) is 0. The molecule has 0 atom stereocenters. The molecule has 0 heterocycles. The molecule has 0 saturated carbocycles. The van der Waals surface area contributed by atoms with Gasteiger partial charge in [0.05, 0.1) is 0 Å². The zero-order chi connectivity index (χ0) is 16.3. The van der Waals surface area contributed by atoms with E-state index in [1.807, 2.05) is 42.5 Å². The van der Waals surface area contributed by atoms with E-state index >= 15 is 0 Å². The first-order valence-corrected chi connectivity index (χ1v) is 7.60. The number of rotatable bonds is 5. The highest BCUT2D eigenvalue weighted by Gasteiger charge is 2.20. The summed E-state index contributed by atoms with van der Waals surface area (Å²) in [5.41, 5.74) is 8.11. The van der Waals surface area contributed by atoms with Crippen LogP contribution in [-0.4, -0.2) is 11.4 Å². The van der Waals surface area contributed by atoms with Crippen LogP contribution in [0, 0.1) is 0 Å². The highest BCUT2D eigenvalue weighted by atomic mass is 16.5. The Morgan fingerprint density at radius 2 is 1.39 bits per heavy atom. The Morgan fingerprint density at radius 3 is 1.78 bits per heavy atom. The lowest BCUT2D eigenvalue weighted by Gasteiger charge is -2.19. The summed E-state index contributed by atoms with van der Waals surface area (Å²) in [5.74, 6) is 1.53. The van der Waals surface area contributed by atoms with E-state index in [1.165, 1.54) is 0 Å². The van der Waals surface area contributed by atoms with Gasteiger partial charge < -0.3 is 15.9 Å². The largest absolute Gasteiger partial charge is 0.457 e. The van der Waals surface area contributed by atoms with Crippen molar-refractivity contribution in [1.29, 1.82) is 0 Å². The number of benzene rings is 2. The van der Waals surface area contributed by atoms with Crippen molar-refractivity contribution in [2.45, 2.75) is 39.5 Å². The van der Waals surface area contributed by atoms with Crippen LogP contribution >= 0.6 is 0 Å². The van der Waals surface area contributed by atoms with Crippen LogP contribution in [0.1, 0.15) is 61.0 Å². The van der Waals surface area contributed by atoms with Crippen molar-refractivity contribution >= 4 is 5.91 Å². The van der Waals surface area contributed by atoms with Crippen LogP contribution in [-0.2, 0) is 0 Å². The molecule has 0 aromatic heterocycles. The van der Waals surface area contributed by atoms with Crippen molar-refractivity contribution in [2.75, 3.05) is 0 Å². The molecule has 4 heteroatoms. The Bertz CT molecular complexity index is 635. The van der Waals surface area contributed by atoms with Gasteiger partial charge >= 0.3 is 0 Å². The van der Waals surface area contributed by atoms with Gasteiger partial charge in [-0.05, 0) is 47.2 Å². The molecule has 1 amide bonds. The fourth-order valence-electron chi connectivity index (χ4n) is 2.54. The van der Waals surface area contributed by atoms with Gasteiger partial charge in [0.15, 0.2) is 0 Å². The molecule has 124 valence electrons. The van der Waals surface area contributed by atoms with Crippen LogP contribution in [0.25, 0.3) is 0 Å². The number of hydrogen-bond donors (Lipinski definition) is 1. The van der Waals surface area contributed by atoms with Gasteiger partial charge in [0.2, 0.25) is 5.91 Å². The highest BCUT2D eigenvalue weighted by molar-refractivity contribution is 5.96. The Morgan fingerprint density at radius 1 is 0.913 bits per heavy atom. The van der Waals surface area contributed by atoms with Crippen LogP contribution in [0.4, 0.5) is 0 Å². The molecule has 0 fully saturated rings. The van der Waals surface area contributed by atoms with E-state index in [0.717, 1.165) is 22.6 Å². The van der Waals surface area contributed by atoms with E-state index in [4.69, 9.17) is 10.5 Å². The lowest BCUT2D eigenvalue weighted by molar-refractivity contribution is 0.0997. The Balaban J connectivity index is 0.00000264. The number of carbonyl (C=O) groups excluding carboxylic acids is 1. The number of amides is 1. The fourth-order valence-corrected chi connectivity index (χ4v) is 2.54. The van der Waals surface area contributed by atoms with E-state index in [1.54, 1.807) is 0 Å². The normalized spacial score (nSPS) is 10.5. The second-order valence-electron chi connectivity index (χ2n) is 6.07. The Hall–Kier alpha value is -2.33. The molecule has 0 spiro atoms. The third-order valence-electron chi connectivity index (χ3n) is 3.64. The molecule has 0 aliphatic heterocycles. The summed E-state index contributed by atoms with van der Waals surface area (Å²) in [4.78, 5) is 11.9. The van der Waals surface area contributed by atoms with Crippen molar-refractivity contribution in [3.05, 3.63) is 59.2 Å². The molecule has 4 N–H and O–H groups in total. The molecule has 0 aliphatic rings. The molecule has 2 aromatic carbocycles. The maximum absolute atomic E-state index is 11.9. The van der Waals surface area contributed by atoms with Gasteiger partial charge in [-0.15, -0.1) is 0 Å². The lowest BCUT2D eigenvalue weighted by Crippen LogP contribution is -2.18. The number of nitrogens with two attached hydrogens (primary N) is 1. The first-order valence-electron chi connectivity index (χ1n) is 7.60. The molecule has 4 nitrogen and oxygen atoms in total. The Kier molecular flexibility index (Phi) is 6.34. The van der Waals surface area contributed by atoms with Crippen molar-refractivity contribution in [1.82, 2.24) is 0 Å². The summed E-state index contributed by atoms with van der Waals surface area (Å²) in [6.45, 7) is 8.21. The smallest absolute Gasteiger partial charge is 0.249 e. The molecule has 2 rings (SSSR count).